The van der Waals surface area contributed by atoms with E-state index in [1.807, 2.05) is 0 Å². The number of hydrogen-bond donors (Lipinski definition) is 2. The predicted octanol–water partition coefficient (Wildman–Crippen LogP) is -0.453. The van der Waals surface area contributed by atoms with Gasteiger partial charge in [0.1, 0.15) is 12.2 Å². The first-order valence-corrected chi connectivity index (χ1v) is 5.25. The molecule has 0 aromatic heterocycles. The van der Waals surface area contributed by atoms with Crippen LogP contribution >= 0.6 is 0 Å². The van der Waals surface area contributed by atoms with Crippen molar-refractivity contribution in [2.24, 2.45) is 11.5 Å². The first kappa shape index (κ1) is 14.9. The summed E-state index contributed by atoms with van der Waals surface area (Å²) in [7, 11) is 0. The Morgan fingerprint density at radius 1 is 0.938 bits per heavy atom. The van der Waals surface area contributed by atoms with Crippen molar-refractivity contribution < 1.29 is 19.1 Å². The average Bonchev–Trinajstić information content (AvgIpc) is 2.15. The summed E-state index contributed by atoms with van der Waals surface area (Å²) in [6.07, 6.45) is -0.153. The number of ether oxygens (including phenoxy) is 2. The van der Waals surface area contributed by atoms with Gasteiger partial charge in [-0.1, -0.05) is 0 Å². The maximum absolute atomic E-state index is 10.9. The molecule has 4 N–H and O–H groups in total. The van der Waals surface area contributed by atoms with Crippen molar-refractivity contribution in [2.75, 3.05) is 13.1 Å². The Kier molecular flexibility index (Phi) is 7.49. The molecular weight excluding hydrogens is 212 g/mol. The van der Waals surface area contributed by atoms with Gasteiger partial charge >= 0.3 is 11.9 Å². The fraction of sp³-hybridized carbons (Fsp3) is 0.800. The second-order valence-corrected chi connectivity index (χ2v) is 3.45. The molecule has 0 saturated heterocycles. The molecule has 0 fully saturated rings. The molecule has 0 heterocycles. The zero-order valence-electron chi connectivity index (χ0n) is 9.77. The Labute approximate surface area is 95.3 Å². The molecule has 0 saturated carbocycles. The predicted molar refractivity (Wildman–Crippen MR) is 58.5 cm³/mol. The SMILES string of the molecule is CC(=O)O[C@H](CCN)[C@@H](CCN)OC(C)=O. The highest BCUT2D eigenvalue weighted by molar-refractivity contribution is 5.67. The van der Waals surface area contributed by atoms with E-state index < -0.39 is 24.1 Å². The molecule has 94 valence electrons. The van der Waals surface area contributed by atoms with Crippen LogP contribution in [0.15, 0.2) is 0 Å². The van der Waals surface area contributed by atoms with Crippen LogP contribution in [0.1, 0.15) is 26.7 Å². The lowest BCUT2D eigenvalue weighted by atomic mass is 10.1. The Morgan fingerprint density at radius 2 is 1.25 bits per heavy atom. The van der Waals surface area contributed by atoms with Gasteiger partial charge in [0.15, 0.2) is 0 Å². The van der Waals surface area contributed by atoms with Crippen LogP contribution in [-0.2, 0) is 19.1 Å². The normalized spacial score (nSPS) is 14.0. The number of carbonyl (C=O) groups excluding carboxylic acids is 2. The summed E-state index contributed by atoms with van der Waals surface area (Å²) in [5.41, 5.74) is 10.8. The van der Waals surface area contributed by atoms with E-state index in [1.165, 1.54) is 13.8 Å². The molecule has 0 aromatic rings. The van der Waals surface area contributed by atoms with Gasteiger partial charge in [0.25, 0.3) is 0 Å². The third kappa shape index (κ3) is 6.36. The standard InChI is InChI=1S/C10H20N2O4/c1-7(13)15-9(3-5-11)10(4-6-12)16-8(2)14/h9-10H,3-6,11-12H2,1-2H3/t9-,10-/m1/s1. The Bertz CT molecular complexity index is 209. The van der Waals surface area contributed by atoms with Gasteiger partial charge in [-0.15, -0.1) is 0 Å². The molecule has 6 nitrogen and oxygen atoms in total. The van der Waals surface area contributed by atoms with Gasteiger partial charge in [-0.25, -0.2) is 0 Å². The van der Waals surface area contributed by atoms with Gasteiger partial charge < -0.3 is 20.9 Å². The molecule has 6 heteroatoms. The van der Waals surface area contributed by atoms with E-state index in [0.717, 1.165) is 0 Å². The van der Waals surface area contributed by atoms with Crippen molar-refractivity contribution in [3.8, 4) is 0 Å². The van der Waals surface area contributed by atoms with Gasteiger partial charge in [-0.3, -0.25) is 9.59 Å². The zero-order chi connectivity index (χ0) is 12.6. The molecule has 0 bridgehead atoms. The highest BCUT2D eigenvalue weighted by Gasteiger charge is 2.25. The second-order valence-electron chi connectivity index (χ2n) is 3.45. The van der Waals surface area contributed by atoms with Crippen molar-refractivity contribution in [3.63, 3.8) is 0 Å². The minimum absolute atomic E-state index is 0.348. The van der Waals surface area contributed by atoms with Crippen LogP contribution in [0.3, 0.4) is 0 Å². The van der Waals surface area contributed by atoms with Crippen LogP contribution in [0.4, 0.5) is 0 Å². The topological polar surface area (TPSA) is 105 Å². The molecule has 0 radical (unpaired) electrons. The molecule has 0 aliphatic rings. The van der Waals surface area contributed by atoms with Crippen LogP contribution in [0.25, 0.3) is 0 Å². The van der Waals surface area contributed by atoms with Gasteiger partial charge in [0.2, 0.25) is 0 Å². The molecule has 0 unspecified atom stereocenters. The van der Waals surface area contributed by atoms with E-state index >= 15 is 0 Å². The van der Waals surface area contributed by atoms with Crippen LogP contribution in [0.2, 0.25) is 0 Å². The molecule has 2 atom stereocenters. The first-order valence-electron chi connectivity index (χ1n) is 5.25. The highest BCUT2D eigenvalue weighted by Crippen LogP contribution is 2.12. The maximum atomic E-state index is 10.9. The summed E-state index contributed by atoms with van der Waals surface area (Å²) in [5.74, 6) is -0.847. The third-order valence-corrected chi connectivity index (χ3v) is 1.95. The Morgan fingerprint density at radius 3 is 1.44 bits per heavy atom. The third-order valence-electron chi connectivity index (χ3n) is 1.95. The summed E-state index contributed by atoms with van der Waals surface area (Å²) >= 11 is 0. The van der Waals surface area contributed by atoms with E-state index in [4.69, 9.17) is 20.9 Å². The quantitative estimate of drug-likeness (QED) is 0.576. The van der Waals surface area contributed by atoms with Gasteiger partial charge in [-0.05, 0) is 13.1 Å². The maximum Gasteiger partial charge on any atom is 0.303 e. The molecule has 0 aliphatic carbocycles. The zero-order valence-corrected chi connectivity index (χ0v) is 9.77. The van der Waals surface area contributed by atoms with E-state index in [0.29, 0.717) is 25.9 Å². The summed E-state index contributed by atoms with van der Waals surface area (Å²) in [6, 6.07) is 0. The monoisotopic (exact) mass is 232 g/mol. The summed E-state index contributed by atoms with van der Waals surface area (Å²) in [5, 5.41) is 0. The smallest absolute Gasteiger partial charge is 0.303 e. The second kappa shape index (κ2) is 8.06. The lowest BCUT2D eigenvalue weighted by molar-refractivity contribution is -0.166. The minimum atomic E-state index is -0.519. The summed E-state index contributed by atoms with van der Waals surface area (Å²) in [6.45, 7) is 3.30. The summed E-state index contributed by atoms with van der Waals surface area (Å²) in [4.78, 5) is 21.8. The number of carbonyl (C=O) groups is 2. The molecular formula is C10H20N2O4. The van der Waals surface area contributed by atoms with E-state index in [9.17, 15) is 9.59 Å². The number of esters is 2. The van der Waals surface area contributed by atoms with Gasteiger partial charge in [0, 0.05) is 26.7 Å². The van der Waals surface area contributed by atoms with E-state index in [1.54, 1.807) is 0 Å². The molecule has 0 aliphatic heterocycles. The Balaban J connectivity index is 4.49. The number of nitrogens with two attached hydrogens (primary N) is 2. The Hall–Kier alpha value is -1.14. The highest BCUT2D eigenvalue weighted by atomic mass is 16.6. The lowest BCUT2D eigenvalue weighted by Crippen LogP contribution is -2.37. The van der Waals surface area contributed by atoms with Crippen LogP contribution in [-0.4, -0.2) is 37.2 Å². The largest absolute Gasteiger partial charge is 0.459 e. The van der Waals surface area contributed by atoms with Crippen molar-refractivity contribution in [3.05, 3.63) is 0 Å². The molecule has 0 spiro atoms. The summed E-state index contributed by atoms with van der Waals surface area (Å²) < 4.78 is 10.1. The number of rotatable bonds is 7. The van der Waals surface area contributed by atoms with Crippen molar-refractivity contribution in [1.82, 2.24) is 0 Å². The molecule has 0 rings (SSSR count). The average molecular weight is 232 g/mol. The van der Waals surface area contributed by atoms with Crippen molar-refractivity contribution in [1.29, 1.82) is 0 Å². The first-order chi connectivity index (χ1) is 7.51. The van der Waals surface area contributed by atoms with Crippen molar-refractivity contribution in [2.45, 2.75) is 38.9 Å². The van der Waals surface area contributed by atoms with Crippen LogP contribution in [0.5, 0.6) is 0 Å². The molecule has 0 amide bonds. The van der Waals surface area contributed by atoms with E-state index in [2.05, 4.69) is 0 Å². The van der Waals surface area contributed by atoms with E-state index in [-0.39, 0.29) is 0 Å². The molecule has 16 heavy (non-hydrogen) atoms. The molecule has 0 aromatic carbocycles. The number of hydrogen-bond acceptors (Lipinski definition) is 6. The van der Waals surface area contributed by atoms with Crippen LogP contribution in [0, 0.1) is 0 Å². The lowest BCUT2D eigenvalue weighted by Gasteiger charge is -2.25. The van der Waals surface area contributed by atoms with Gasteiger partial charge in [0.05, 0.1) is 0 Å². The van der Waals surface area contributed by atoms with Gasteiger partial charge in [-0.2, -0.15) is 0 Å². The van der Waals surface area contributed by atoms with Crippen molar-refractivity contribution >= 4 is 11.9 Å². The fourth-order valence-corrected chi connectivity index (χ4v) is 1.40. The fourth-order valence-electron chi connectivity index (χ4n) is 1.40. The minimum Gasteiger partial charge on any atom is -0.459 e. The van der Waals surface area contributed by atoms with Crippen LogP contribution < -0.4 is 11.5 Å².